The number of Topliss-reactive ketones (excluding diaryl/α,β-unsaturated/α-hetero) is 1. The molecule has 2 nitrogen and oxygen atoms in total. The quantitative estimate of drug-likeness (QED) is 0.734. The van der Waals surface area contributed by atoms with Gasteiger partial charge >= 0.3 is 0 Å². The van der Waals surface area contributed by atoms with E-state index in [1.165, 1.54) is 0 Å². The summed E-state index contributed by atoms with van der Waals surface area (Å²) in [6.45, 7) is 3.79. The van der Waals surface area contributed by atoms with Crippen LogP contribution < -0.4 is 4.90 Å². The maximum atomic E-state index is 11.5. The molecule has 1 aromatic carbocycles. The Morgan fingerprint density at radius 2 is 2.06 bits per heavy atom. The highest BCUT2D eigenvalue weighted by atomic mass is 32.2. The van der Waals surface area contributed by atoms with E-state index in [0.717, 1.165) is 17.0 Å². The third kappa shape index (κ3) is 3.01. The van der Waals surface area contributed by atoms with E-state index in [1.807, 2.05) is 43.1 Å². The standard InChI is InChI=1S/C13H19NOS/c1-10(9-16-4)14(3)13-8-6-5-7-12(13)11(2)15/h5-8,10H,9H2,1-4H3. The van der Waals surface area contributed by atoms with E-state index < -0.39 is 0 Å². The number of carbonyl (C=O) groups excluding carboxylic acids is 1. The minimum absolute atomic E-state index is 0.124. The highest BCUT2D eigenvalue weighted by Gasteiger charge is 2.14. The molecule has 0 radical (unpaired) electrons. The van der Waals surface area contributed by atoms with Gasteiger partial charge in [0.1, 0.15) is 0 Å². The van der Waals surface area contributed by atoms with Gasteiger partial charge in [0, 0.05) is 30.1 Å². The van der Waals surface area contributed by atoms with Crippen molar-refractivity contribution >= 4 is 23.2 Å². The first-order valence-electron chi connectivity index (χ1n) is 5.39. The fourth-order valence-electron chi connectivity index (χ4n) is 1.67. The fourth-order valence-corrected chi connectivity index (χ4v) is 2.38. The molecule has 0 fully saturated rings. The molecule has 0 heterocycles. The molecule has 88 valence electrons. The Bertz CT molecular complexity index is 365. The van der Waals surface area contributed by atoms with Gasteiger partial charge in [-0.25, -0.2) is 0 Å². The SMILES string of the molecule is CSCC(C)N(C)c1ccccc1C(C)=O. The van der Waals surface area contributed by atoms with E-state index in [0.29, 0.717) is 6.04 Å². The highest BCUT2D eigenvalue weighted by Crippen LogP contribution is 2.22. The van der Waals surface area contributed by atoms with Crippen LogP contribution in [0.15, 0.2) is 24.3 Å². The van der Waals surface area contributed by atoms with E-state index in [-0.39, 0.29) is 5.78 Å². The lowest BCUT2D eigenvalue weighted by Crippen LogP contribution is -2.31. The lowest BCUT2D eigenvalue weighted by Gasteiger charge is -2.28. The smallest absolute Gasteiger partial charge is 0.161 e. The van der Waals surface area contributed by atoms with Crippen molar-refractivity contribution in [1.29, 1.82) is 0 Å². The number of nitrogens with zero attached hydrogens (tertiary/aromatic N) is 1. The van der Waals surface area contributed by atoms with Crippen LogP contribution in [0.3, 0.4) is 0 Å². The third-order valence-corrected chi connectivity index (χ3v) is 3.55. The van der Waals surface area contributed by atoms with Crippen molar-refractivity contribution in [3.05, 3.63) is 29.8 Å². The number of anilines is 1. The summed E-state index contributed by atoms with van der Waals surface area (Å²) >= 11 is 1.82. The number of hydrogen-bond acceptors (Lipinski definition) is 3. The fraction of sp³-hybridized carbons (Fsp3) is 0.462. The Labute approximate surface area is 102 Å². The maximum Gasteiger partial charge on any atom is 0.161 e. The van der Waals surface area contributed by atoms with Gasteiger partial charge in [-0.2, -0.15) is 11.8 Å². The lowest BCUT2D eigenvalue weighted by molar-refractivity contribution is 0.101. The summed E-state index contributed by atoms with van der Waals surface area (Å²) in [5.41, 5.74) is 1.83. The van der Waals surface area contributed by atoms with Crippen LogP contribution in [-0.4, -0.2) is 30.9 Å². The summed E-state index contributed by atoms with van der Waals surface area (Å²) in [7, 11) is 2.04. The minimum atomic E-state index is 0.124. The van der Waals surface area contributed by atoms with E-state index >= 15 is 0 Å². The largest absolute Gasteiger partial charge is 0.370 e. The van der Waals surface area contributed by atoms with E-state index in [9.17, 15) is 4.79 Å². The van der Waals surface area contributed by atoms with Crippen LogP contribution in [0.5, 0.6) is 0 Å². The van der Waals surface area contributed by atoms with Gasteiger partial charge in [0.05, 0.1) is 0 Å². The first kappa shape index (κ1) is 13.1. The van der Waals surface area contributed by atoms with E-state index in [4.69, 9.17) is 0 Å². The molecule has 0 amide bonds. The predicted molar refractivity (Wildman–Crippen MR) is 72.7 cm³/mol. The molecular weight excluding hydrogens is 218 g/mol. The number of hydrogen-bond donors (Lipinski definition) is 0. The number of thioether (sulfide) groups is 1. The van der Waals surface area contributed by atoms with Crippen molar-refractivity contribution in [3.8, 4) is 0 Å². The van der Waals surface area contributed by atoms with Crippen LogP contribution in [0.4, 0.5) is 5.69 Å². The van der Waals surface area contributed by atoms with Crippen LogP contribution in [-0.2, 0) is 0 Å². The summed E-state index contributed by atoms with van der Waals surface area (Å²) in [4.78, 5) is 13.7. The normalized spacial score (nSPS) is 12.2. The summed E-state index contributed by atoms with van der Waals surface area (Å²) in [6.07, 6.45) is 2.10. The second-order valence-electron chi connectivity index (χ2n) is 3.99. The highest BCUT2D eigenvalue weighted by molar-refractivity contribution is 7.98. The molecule has 0 N–H and O–H groups in total. The average Bonchev–Trinajstić information content (AvgIpc) is 2.28. The lowest BCUT2D eigenvalue weighted by atomic mass is 10.1. The van der Waals surface area contributed by atoms with Gasteiger partial charge in [-0.3, -0.25) is 4.79 Å². The summed E-state index contributed by atoms with van der Waals surface area (Å²) in [5, 5.41) is 0. The minimum Gasteiger partial charge on any atom is -0.370 e. The van der Waals surface area contributed by atoms with Gasteiger partial charge in [-0.15, -0.1) is 0 Å². The molecule has 1 rings (SSSR count). The number of para-hydroxylation sites is 1. The zero-order valence-electron chi connectivity index (χ0n) is 10.4. The molecule has 0 bridgehead atoms. The van der Waals surface area contributed by atoms with Gasteiger partial charge in [-0.05, 0) is 32.2 Å². The molecule has 1 aromatic rings. The Kier molecular flexibility index (Phi) is 4.87. The zero-order chi connectivity index (χ0) is 12.1. The molecule has 1 atom stereocenters. The molecule has 3 heteroatoms. The van der Waals surface area contributed by atoms with Crippen molar-refractivity contribution in [2.75, 3.05) is 24.0 Å². The van der Waals surface area contributed by atoms with Crippen molar-refractivity contribution in [3.63, 3.8) is 0 Å². The average molecular weight is 237 g/mol. The predicted octanol–water partition coefficient (Wildman–Crippen LogP) is 3.08. The van der Waals surface area contributed by atoms with Crippen LogP contribution in [0.25, 0.3) is 0 Å². The third-order valence-electron chi connectivity index (χ3n) is 2.73. The molecule has 0 saturated heterocycles. The second-order valence-corrected chi connectivity index (χ2v) is 4.90. The molecule has 0 aliphatic rings. The second kappa shape index (κ2) is 5.94. The molecule has 0 aliphatic heterocycles. The summed E-state index contributed by atoms with van der Waals surface area (Å²) in [5.74, 6) is 1.18. The first-order chi connectivity index (χ1) is 7.57. The van der Waals surface area contributed by atoms with Gasteiger partial charge in [0.25, 0.3) is 0 Å². The van der Waals surface area contributed by atoms with Crippen molar-refractivity contribution in [2.45, 2.75) is 19.9 Å². The van der Waals surface area contributed by atoms with Crippen molar-refractivity contribution in [1.82, 2.24) is 0 Å². The van der Waals surface area contributed by atoms with Crippen LogP contribution in [0.1, 0.15) is 24.2 Å². The zero-order valence-corrected chi connectivity index (χ0v) is 11.2. The van der Waals surface area contributed by atoms with Gasteiger partial charge < -0.3 is 4.90 Å². The Morgan fingerprint density at radius 1 is 1.44 bits per heavy atom. The van der Waals surface area contributed by atoms with Crippen LogP contribution in [0, 0.1) is 0 Å². The first-order valence-corrected chi connectivity index (χ1v) is 6.79. The van der Waals surface area contributed by atoms with Gasteiger partial charge in [0.15, 0.2) is 5.78 Å². The van der Waals surface area contributed by atoms with Gasteiger partial charge in [0.2, 0.25) is 0 Å². The molecule has 16 heavy (non-hydrogen) atoms. The molecular formula is C13H19NOS. The van der Waals surface area contributed by atoms with Gasteiger partial charge in [-0.1, -0.05) is 12.1 Å². The Morgan fingerprint density at radius 3 is 2.62 bits per heavy atom. The van der Waals surface area contributed by atoms with Crippen LogP contribution >= 0.6 is 11.8 Å². The molecule has 0 saturated carbocycles. The summed E-state index contributed by atoms with van der Waals surface area (Å²) < 4.78 is 0. The Hall–Kier alpha value is -0.960. The van der Waals surface area contributed by atoms with E-state index in [1.54, 1.807) is 6.92 Å². The topological polar surface area (TPSA) is 20.3 Å². The van der Waals surface area contributed by atoms with Crippen molar-refractivity contribution < 1.29 is 4.79 Å². The molecule has 0 spiro atoms. The van der Waals surface area contributed by atoms with Crippen molar-refractivity contribution in [2.24, 2.45) is 0 Å². The molecule has 0 aromatic heterocycles. The number of benzene rings is 1. The number of ketones is 1. The molecule has 1 unspecified atom stereocenters. The number of carbonyl (C=O) groups is 1. The van der Waals surface area contributed by atoms with Crippen LogP contribution in [0.2, 0.25) is 0 Å². The monoisotopic (exact) mass is 237 g/mol. The molecule has 0 aliphatic carbocycles. The Balaban J connectivity index is 2.98. The maximum absolute atomic E-state index is 11.5. The number of rotatable bonds is 5. The van der Waals surface area contributed by atoms with E-state index in [2.05, 4.69) is 18.1 Å². The summed E-state index contributed by atoms with van der Waals surface area (Å²) in [6, 6.07) is 8.21.